The molecule has 0 fully saturated rings. The molecule has 4 nitrogen and oxygen atoms in total. The van der Waals surface area contributed by atoms with Gasteiger partial charge in [0.2, 0.25) is 0 Å². The van der Waals surface area contributed by atoms with E-state index in [2.05, 4.69) is 0 Å². The molecule has 0 aliphatic rings. The van der Waals surface area contributed by atoms with E-state index in [1.54, 1.807) is 12.1 Å². The van der Waals surface area contributed by atoms with Gasteiger partial charge in [-0.25, -0.2) is 12.8 Å². The lowest BCUT2D eigenvalue weighted by atomic mass is 10.1. The van der Waals surface area contributed by atoms with E-state index in [4.69, 9.17) is 4.74 Å². The van der Waals surface area contributed by atoms with Crippen LogP contribution >= 0.6 is 0 Å². The Morgan fingerprint density at radius 3 is 2.29 bits per heavy atom. The topological polar surface area (TPSA) is 46.6 Å². The second-order valence-corrected chi connectivity index (χ2v) is 9.94. The summed E-state index contributed by atoms with van der Waals surface area (Å²) in [6.45, 7) is 1.09. The van der Waals surface area contributed by atoms with E-state index in [9.17, 15) is 26.0 Å². The van der Waals surface area contributed by atoms with Crippen LogP contribution in [0.4, 0.5) is 17.6 Å². The number of sulfone groups is 1. The van der Waals surface area contributed by atoms with E-state index >= 15 is 0 Å². The molecule has 9 heteroatoms. The van der Waals surface area contributed by atoms with Gasteiger partial charge >= 0.3 is 6.18 Å². The fraction of sp³-hybridized carbons (Fsp3) is 0.280. The predicted octanol–water partition coefficient (Wildman–Crippen LogP) is 5.72. The molecule has 3 rings (SSSR count). The van der Waals surface area contributed by atoms with Crippen LogP contribution in [-0.2, 0) is 29.1 Å². The molecule has 0 N–H and O–H groups in total. The molecule has 182 valence electrons. The highest BCUT2D eigenvalue weighted by atomic mass is 32.2. The van der Waals surface area contributed by atoms with Gasteiger partial charge in [0.05, 0.1) is 17.1 Å². The van der Waals surface area contributed by atoms with Crippen molar-refractivity contribution in [2.45, 2.75) is 30.6 Å². The maximum Gasteiger partial charge on any atom is 0.419 e. The maximum atomic E-state index is 14.6. The minimum atomic E-state index is -4.77. The van der Waals surface area contributed by atoms with Crippen LogP contribution in [0.15, 0.2) is 77.7 Å². The summed E-state index contributed by atoms with van der Waals surface area (Å²) in [5, 5.41) is 0. The molecule has 0 spiro atoms. The normalized spacial score (nSPS) is 12.2. The van der Waals surface area contributed by atoms with Crippen LogP contribution in [0.1, 0.15) is 23.1 Å². The van der Waals surface area contributed by atoms with Gasteiger partial charge in [0, 0.05) is 31.5 Å². The van der Waals surface area contributed by atoms with Crippen LogP contribution in [0.25, 0.3) is 0 Å². The van der Waals surface area contributed by atoms with Crippen molar-refractivity contribution in [2.75, 3.05) is 19.4 Å². The van der Waals surface area contributed by atoms with Crippen LogP contribution < -0.4 is 4.74 Å². The van der Waals surface area contributed by atoms with Gasteiger partial charge in [0.1, 0.15) is 11.6 Å². The Balaban J connectivity index is 1.69. The van der Waals surface area contributed by atoms with Crippen LogP contribution in [0.5, 0.6) is 5.75 Å². The molecule has 34 heavy (non-hydrogen) atoms. The highest BCUT2D eigenvalue weighted by molar-refractivity contribution is 7.90. The lowest BCUT2D eigenvalue weighted by Gasteiger charge is -2.23. The molecule has 0 amide bonds. The van der Waals surface area contributed by atoms with Crippen molar-refractivity contribution in [1.29, 1.82) is 0 Å². The van der Waals surface area contributed by atoms with Crippen LogP contribution in [0, 0.1) is 5.82 Å². The molecule has 0 aliphatic carbocycles. The molecule has 0 radical (unpaired) electrons. The summed E-state index contributed by atoms with van der Waals surface area (Å²) in [6.07, 6.45) is -3.16. The second kappa shape index (κ2) is 11.0. The third kappa shape index (κ3) is 7.30. The Morgan fingerprint density at radius 1 is 0.912 bits per heavy atom. The van der Waals surface area contributed by atoms with Crippen LogP contribution in [0.2, 0.25) is 0 Å². The highest BCUT2D eigenvalue weighted by Gasteiger charge is 2.34. The summed E-state index contributed by atoms with van der Waals surface area (Å²) in [7, 11) is -3.36. The molecular weight excluding hydrogens is 470 g/mol. The van der Waals surface area contributed by atoms with Gasteiger partial charge in [-0.3, -0.25) is 4.90 Å². The molecule has 0 unspecified atom stereocenters. The van der Waals surface area contributed by atoms with Crippen molar-refractivity contribution in [3.05, 3.63) is 95.3 Å². The number of hydrogen-bond acceptors (Lipinski definition) is 4. The van der Waals surface area contributed by atoms with Crippen molar-refractivity contribution >= 4 is 9.84 Å². The monoisotopic (exact) mass is 495 g/mol. The average Bonchev–Trinajstić information content (AvgIpc) is 2.77. The largest absolute Gasteiger partial charge is 0.494 e. The summed E-state index contributed by atoms with van der Waals surface area (Å²) in [5.41, 5.74) is -0.372. The molecule has 0 bridgehead atoms. The van der Waals surface area contributed by atoms with Gasteiger partial charge in [-0.15, -0.1) is 0 Å². The number of alkyl halides is 3. The lowest BCUT2D eigenvalue weighted by Crippen LogP contribution is -2.26. The van der Waals surface area contributed by atoms with Crippen molar-refractivity contribution in [2.24, 2.45) is 0 Å². The Morgan fingerprint density at radius 2 is 1.62 bits per heavy atom. The van der Waals surface area contributed by atoms with Crippen molar-refractivity contribution in [1.82, 2.24) is 4.90 Å². The van der Waals surface area contributed by atoms with Crippen molar-refractivity contribution in [3.8, 4) is 5.75 Å². The molecule has 3 aromatic carbocycles. The zero-order valence-corrected chi connectivity index (χ0v) is 19.4. The Labute approximate surface area is 196 Å². The first kappa shape index (κ1) is 25.7. The first-order valence-electron chi connectivity index (χ1n) is 10.6. The van der Waals surface area contributed by atoms with E-state index in [1.807, 2.05) is 35.2 Å². The average molecular weight is 496 g/mol. The SMILES string of the molecule is CS(=O)(=O)c1cccc(OCCCN(Cc2ccccc2)Cc2cccc(C(F)(F)F)c2F)c1. The second-order valence-electron chi connectivity index (χ2n) is 7.92. The van der Waals surface area contributed by atoms with Gasteiger partial charge in [0.15, 0.2) is 9.84 Å². The summed E-state index contributed by atoms with van der Waals surface area (Å²) < 4.78 is 83.0. The minimum Gasteiger partial charge on any atom is -0.494 e. The van der Waals surface area contributed by atoms with E-state index in [-0.39, 0.29) is 23.6 Å². The van der Waals surface area contributed by atoms with E-state index in [0.717, 1.165) is 17.9 Å². The Bertz CT molecular complexity index is 1200. The summed E-state index contributed by atoms with van der Waals surface area (Å²) >= 11 is 0. The third-order valence-electron chi connectivity index (χ3n) is 5.15. The third-order valence-corrected chi connectivity index (χ3v) is 6.26. The van der Waals surface area contributed by atoms with Crippen LogP contribution in [0.3, 0.4) is 0 Å². The summed E-state index contributed by atoms with van der Waals surface area (Å²) in [4.78, 5) is 2.00. The maximum absolute atomic E-state index is 14.6. The number of benzene rings is 3. The van der Waals surface area contributed by atoms with Gasteiger partial charge in [-0.1, -0.05) is 48.5 Å². The Kier molecular flexibility index (Phi) is 8.33. The molecule has 0 aromatic heterocycles. The van der Waals surface area contributed by atoms with Crippen molar-refractivity contribution < 1.29 is 30.7 Å². The predicted molar refractivity (Wildman–Crippen MR) is 122 cm³/mol. The number of nitrogens with zero attached hydrogens (tertiary/aromatic N) is 1. The molecule has 0 heterocycles. The standard InChI is InChI=1S/C25H25F4NO3S/c1-34(31,32)22-12-6-11-21(16-22)33-15-7-14-30(17-19-8-3-2-4-9-19)18-20-10-5-13-23(24(20)26)25(27,28)29/h2-6,8-13,16H,7,14-15,17-18H2,1H3. The van der Waals surface area contributed by atoms with Gasteiger partial charge in [-0.05, 0) is 36.2 Å². The first-order chi connectivity index (χ1) is 16.0. The zero-order chi connectivity index (χ0) is 24.8. The highest BCUT2D eigenvalue weighted by Crippen LogP contribution is 2.32. The smallest absolute Gasteiger partial charge is 0.419 e. The fourth-order valence-corrected chi connectivity index (χ4v) is 4.15. The van der Waals surface area contributed by atoms with E-state index in [0.29, 0.717) is 25.3 Å². The summed E-state index contributed by atoms with van der Waals surface area (Å²) in [5.74, 6) is -0.858. The lowest BCUT2D eigenvalue weighted by molar-refractivity contribution is -0.140. The van der Waals surface area contributed by atoms with E-state index in [1.165, 1.54) is 24.3 Å². The van der Waals surface area contributed by atoms with Gasteiger partial charge < -0.3 is 4.74 Å². The zero-order valence-electron chi connectivity index (χ0n) is 18.6. The number of rotatable bonds is 10. The van der Waals surface area contributed by atoms with Crippen molar-refractivity contribution in [3.63, 3.8) is 0 Å². The Hall–Kier alpha value is -2.91. The number of halogens is 4. The summed E-state index contributed by atoms with van der Waals surface area (Å²) in [6, 6.07) is 18.8. The quantitative estimate of drug-likeness (QED) is 0.267. The van der Waals surface area contributed by atoms with Crippen LogP contribution in [-0.4, -0.2) is 32.7 Å². The van der Waals surface area contributed by atoms with E-state index < -0.39 is 27.4 Å². The van der Waals surface area contributed by atoms with Gasteiger partial charge in [0.25, 0.3) is 0 Å². The molecule has 0 saturated heterocycles. The first-order valence-corrected chi connectivity index (χ1v) is 12.5. The molecule has 0 aliphatic heterocycles. The minimum absolute atomic E-state index is 0.00574. The van der Waals surface area contributed by atoms with Gasteiger partial charge in [-0.2, -0.15) is 13.2 Å². The fourth-order valence-electron chi connectivity index (χ4n) is 3.49. The molecular formula is C25H25F4NO3S. The molecule has 3 aromatic rings. The molecule has 0 saturated carbocycles. The number of hydrogen-bond donors (Lipinski definition) is 0. The number of ether oxygens (including phenoxy) is 1. The molecule has 0 atom stereocenters.